The Bertz CT molecular complexity index is 444. The molecular weight excluding hydrogens is 198 g/mol. The molecule has 0 saturated heterocycles. The van der Waals surface area contributed by atoms with Crippen LogP contribution in [0.4, 0.5) is 5.69 Å². The first-order chi connectivity index (χ1) is 7.44. The van der Waals surface area contributed by atoms with Crippen LogP contribution in [-0.2, 0) is 5.41 Å². The van der Waals surface area contributed by atoms with Crippen molar-refractivity contribution in [1.29, 1.82) is 0 Å². The first kappa shape index (κ1) is 11.3. The number of β-amino-alcohol motifs (C(OH)–C–C–N with tert-alkyl or cyclic N) is 1. The summed E-state index contributed by atoms with van der Waals surface area (Å²) in [4.78, 5) is 0. The number of rotatable bonds is 2. The molecule has 1 heterocycles. The highest BCUT2D eigenvalue weighted by Gasteiger charge is 2.42. The molecule has 1 atom stereocenters. The molecule has 0 aromatic heterocycles. The molecule has 0 saturated carbocycles. The molecule has 2 nitrogen and oxygen atoms in total. The highest BCUT2D eigenvalue weighted by atomic mass is 16.3. The minimum atomic E-state index is -0.308. The molecule has 1 aliphatic rings. The van der Waals surface area contributed by atoms with E-state index in [1.54, 1.807) is 0 Å². The molecule has 2 heteroatoms. The molecule has 0 bridgehead atoms. The van der Waals surface area contributed by atoms with E-state index in [0.717, 1.165) is 0 Å². The zero-order valence-corrected chi connectivity index (χ0v) is 10.5. The van der Waals surface area contributed by atoms with Gasteiger partial charge in [0.1, 0.15) is 6.10 Å². The van der Waals surface area contributed by atoms with E-state index in [4.69, 9.17) is 0 Å². The van der Waals surface area contributed by atoms with Gasteiger partial charge in [-0.25, -0.2) is 0 Å². The van der Waals surface area contributed by atoms with Gasteiger partial charge in [0.25, 0.3) is 0 Å². The molecular formula is C14H20NO+. The Morgan fingerprint density at radius 2 is 1.94 bits per heavy atom. The van der Waals surface area contributed by atoms with E-state index >= 15 is 0 Å². The summed E-state index contributed by atoms with van der Waals surface area (Å²) in [6.07, 6.45) is -0.308. The van der Waals surface area contributed by atoms with Gasteiger partial charge in [-0.2, -0.15) is 4.58 Å². The van der Waals surface area contributed by atoms with E-state index in [2.05, 4.69) is 49.6 Å². The first-order valence-electron chi connectivity index (χ1n) is 5.83. The molecule has 1 aliphatic heterocycles. The third kappa shape index (κ3) is 1.57. The van der Waals surface area contributed by atoms with E-state index in [-0.39, 0.29) is 11.5 Å². The molecule has 1 N–H and O–H groups in total. The lowest BCUT2D eigenvalue weighted by Crippen LogP contribution is -2.28. The van der Waals surface area contributed by atoms with E-state index in [1.165, 1.54) is 17.0 Å². The van der Waals surface area contributed by atoms with Crippen LogP contribution in [-0.4, -0.2) is 28.0 Å². The predicted molar refractivity (Wildman–Crippen MR) is 66.6 cm³/mol. The normalized spacial score (nSPS) is 19.8. The molecule has 1 aromatic rings. The number of para-hydroxylation sites is 1. The van der Waals surface area contributed by atoms with Gasteiger partial charge < -0.3 is 5.11 Å². The van der Waals surface area contributed by atoms with Crippen molar-refractivity contribution in [2.45, 2.75) is 39.2 Å². The Hall–Kier alpha value is -1.15. The quantitative estimate of drug-likeness (QED) is 0.757. The van der Waals surface area contributed by atoms with Crippen LogP contribution in [0.1, 0.15) is 33.3 Å². The van der Waals surface area contributed by atoms with Crippen LogP contribution in [0.2, 0.25) is 0 Å². The number of aliphatic hydroxyl groups excluding tert-OH is 1. The molecule has 16 heavy (non-hydrogen) atoms. The molecule has 2 rings (SSSR count). The van der Waals surface area contributed by atoms with Crippen LogP contribution in [0.15, 0.2) is 24.3 Å². The lowest BCUT2D eigenvalue weighted by molar-refractivity contribution is -0.449. The highest BCUT2D eigenvalue weighted by Crippen LogP contribution is 2.39. The first-order valence-corrected chi connectivity index (χ1v) is 5.83. The van der Waals surface area contributed by atoms with E-state index < -0.39 is 0 Å². The smallest absolute Gasteiger partial charge is 0.209 e. The number of benzene rings is 1. The summed E-state index contributed by atoms with van der Waals surface area (Å²) >= 11 is 0. The van der Waals surface area contributed by atoms with Gasteiger partial charge in [-0.15, -0.1) is 0 Å². The van der Waals surface area contributed by atoms with Crippen molar-refractivity contribution in [2.75, 3.05) is 6.54 Å². The second-order valence-corrected chi connectivity index (χ2v) is 5.19. The van der Waals surface area contributed by atoms with Gasteiger partial charge in [-0.1, -0.05) is 18.2 Å². The topological polar surface area (TPSA) is 23.2 Å². The summed E-state index contributed by atoms with van der Waals surface area (Å²) in [6, 6.07) is 8.46. The van der Waals surface area contributed by atoms with Gasteiger partial charge in [0, 0.05) is 18.6 Å². The van der Waals surface area contributed by atoms with Crippen molar-refractivity contribution in [1.82, 2.24) is 0 Å². The van der Waals surface area contributed by atoms with Gasteiger partial charge in [0.2, 0.25) is 5.69 Å². The van der Waals surface area contributed by atoms with Crippen molar-refractivity contribution >= 4 is 11.4 Å². The third-order valence-electron chi connectivity index (χ3n) is 3.62. The number of nitrogens with zero attached hydrogens (tertiary/aromatic N) is 1. The monoisotopic (exact) mass is 218 g/mol. The molecule has 0 radical (unpaired) electrons. The maximum Gasteiger partial charge on any atom is 0.209 e. The molecule has 1 aromatic carbocycles. The summed E-state index contributed by atoms with van der Waals surface area (Å²) in [5, 5.41) is 9.57. The minimum absolute atomic E-state index is 0.0749. The molecule has 0 aliphatic carbocycles. The fourth-order valence-corrected chi connectivity index (χ4v) is 2.45. The van der Waals surface area contributed by atoms with Gasteiger partial charge in [-0.05, 0) is 20.8 Å². The Labute approximate surface area is 97.2 Å². The van der Waals surface area contributed by atoms with Gasteiger partial charge in [0.15, 0.2) is 12.3 Å². The lowest BCUT2D eigenvalue weighted by atomic mass is 9.82. The standard InChI is InChI=1S/C14H20NO/c1-10(16)9-15-11(2)14(3,4)12-7-5-6-8-13(12)15/h5-8,10,16H,9H2,1-4H3/q+1. The Morgan fingerprint density at radius 1 is 1.31 bits per heavy atom. The summed E-state index contributed by atoms with van der Waals surface area (Å²) in [7, 11) is 0. The highest BCUT2D eigenvalue weighted by molar-refractivity contribution is 5.93. The molecule has 1 unspecified atom stereocenters. The van der Waals surface area contributed by atoms with Gasteiger partial charge >= 0.3 is 0 Å². The summed E-state index contributed by atoms with van der Waals surface area (Å²) in [5.41, 5.74) is 3.99. The van der Waals surface area contributed by atoms with Crippen LogP contribution in [0.3, 0.4) is 0 Å². The second kappa shape index (κ2) is 3.70. The van der Waals surface area contributed by atoms with Crippen LogP contribution < -0.4 is 0 Å². The SMILES string of the molecule is CC1=[N+](CC(C)O)c2ccccc2C1(C)C. The van der Waals surface area contributed by atoms with Crippen LogP contribution >= 0.6 is 0 Å². The average Bonchev–Trinajstić information content (AvgIpc) is 2.41. The van der Waals surface area contributed by atoms with E-state index in [0.29, 0.717) is 6.54 Å². The number of hydrogen-bond acceptors (Lipinski definition) is 1. The van der Waals surface area contributed by atoms with Crippen LogP contribution in [0.5, 0.6) is 0 Å². The average molecular weight is 218 g/mol. The fraction of sp³-hybridized carbons (Fsp3) is 0.500. The zero-order valence-electron chi connectivity index (χ0n) is 10.5. The van der Waals surface area contributed by atoms with Crippen LogP contribution in [0.25, 0.3) is 0 Å². The summed E-state index contributed by atoms with van der Waals surface area (Å²) in [5.74, 6) is 0. The predicted octanol–water partition coefficient (Wildman–Crippen LogP) is 2.46. The van der Waals surface area contributed by atoms with E-state index in [1.807, 2.05) is 6.92 Å². The lowest BCUT2D eigenvalue weighted by Gasteiger charge is -2.14. The van der Waals surface area contributed by atoms with Crippen LogP contribution in [0, 0.1) is 0 Å². The van der Waals surface area contributed by atoms with Crippen molar-refractivity contribution in [2.24, 2.45) is 0 Å². The van der Waals surface area contributed by atoms with E-state index in [9.17, 15) is 5.11 Å². The second-order valence-electron chi connectivity index (χ2n) is 5.19. The summed E-state index contributed by atoms with van der Waals surface area (Å²) < 4.78 is 2.24. The Morgan fingerprint density at radius 3 is 2.56 bits per heavy atom. The van der Waals surface area contributed by atoms with Crippen molar-refractivity contribution in [3.63, 3.8) is 0 Å². The zero-order chi connectivity index (χ0) is 11.9. The number of fused-ring (bicyclic) bond motifs is 1. The molecule has 0 amide bonds. The third-order valence-corrected chi connectivity index (χ3v) is 3.62. The fourth-order valence-electron chi connectivity index (χ4n) is 2.45. The number of hydrogen-bond donors (Lipinski definition) is 1. The minimum Gasteiger partial charge on any atom is -0.387 e. The molecule has 0 fully saturated rings. The van der Waals surface area contributed by atoms with Crippen molar-refractivity contribution in [3.05, 3.63) is 29.8 Å². The summed E-state index contributed by atoms with van der Waals surface area (Å²) in [6.45, 7) is 9.14. The van der Waals surface area contributed by atoms with Crippen molar-refractivity contribution in [3.8, 4) is 0 Å². The molecule has 86 valence electrons. The van der Waals surface area contributed by atoms with Crippen molar-refractivity contribution < 1.29 is 9.68 Å². The van der Waals surface area contributed by atoms with Gasteiger partial charge in [0.05, 0.1) is 5.41 Å². The Kier molecular flexibility index (Phi) is 2.62. The Balaban J connectivity index is 2.55. The van der Waals surface area contributed by atoms with Gasteiger partial charge in [-0.3, -0.25) is 0 Å². The molecule has 0 spiro atoms. The maximum atomic E-state index is 9.57. The number of aliphatic hydroxyl groups is 1. The largest absolute Gasteiger partial charge is 0.387 e. The maximum absolute atomic E-state index is 9.57.